The second-order valence-corrected chi connectivity index (χ2v) is 1.67. The summed E-state index contributed by atoms with van der Waals surface area (Å²) in [5.41, 5.74) is 0. The van der Waals surface area contributed by atoms with Gasteiger partial charge in [0.25, 0.3) is 0 Å². The highest BCUT2D eigenvalue weighted by atomic mass is 31.1. The number of carbonyl (C=O) groups excluding carboxylic acids is 1. The summed E-state index contributed by atoms with van der Waals surface area (Å²) in [7, 11) is -1.57. The topological polar surface area (TPSA) is 86.6 Å². The quantitative estimate of drug-likeness (QED) is 0.355. The predicted molar refractivity (Wildman–Crippen MR) is 37.7 cm³/mol. The molecule has 0 aromatic rings. The largest absolute Gasteiger partial charge is 0.356 e. The maximum absolute atomic E-state index is 9.95. The van der Waals surface area contributed by atoms with E-state index < -0.39 is 8.25 Å². The zero-order valence-electron chi connectivity index (χ0n) is 5.50. The number of hydrogen-bond acceptors (Lipinski definition) is 2. The Morgan fingerprint density at radius 2 is 2.00 bits per heavy atom. The molecular formula is C4H10NO4P. The molecule has 0 atom stereocenters. The lowest BCUT2D eigenvalue weighted by atomic mass is 10.6. The first-order valence-corrected chi connectivity index (χ1v) is 3.61. The van der Waals surface area contributed by atoms with Crippen LogP contribution in [0.2, 0.25) is 0 Å². The maximum Gasteiger partial charge on any atom is 0.314 e. The van der Waals surface area contributed by atoms with E-state index in [-0.39, 0.29) is 5.91 Å². The first kappa shape index (κ1) is 12.1. The van der Waals surface area contributed by atoms with Gasteiger partial charge in [0.15, 0.2) is 0 Å². The molecule has 0 aliphatic heterocycles. The molecule has 0 aromatic heterocycles. The molecule has 5 nitrogen and oxygen atoms in total. The van der Waals surface area contributed by atoms with Crippen LogP contribution in [0.1, 0.15) is 0 Å². The molecule has 0 saturated carbocycles. The zero-order valence-corrected chi connectivity index (χ0v) is 6.50. The Morgan fingerprint density at radius 3 is 2.00 bits per heavy atom. The van der Waals surface area contributed by atoms with Gasteiger partial charge in [-0.3, -0.25) is 9.36 Å². The summed E-state index contributed by atoms with van der Waals surface area (Å²) in [6.45, 7) is 3.22. The van der Waals surface area contributed by atoms with Gasteiger partial charge in [0.1, 0.15) is 0 Å². The van der Waals surface area contributed by atoms with Gasteiger partial charge in [0.05, 0.1) is 0 Å². The van der Waals surface area contributed by atoms with Gasteiger partial charge < -0.3 is 15.1 Å². The van der Waals surface area contributed by atoms with Crippen LogP contribution in [0.5, 0.6) is 0 Å². The van der Waals surface area contributed by atoms with E-state index in [1.54, 1.807) is 7.05 Å². The molecule has 0 spiro atoms. The first-order chi connectivity index (χ1) is 4.54. The summed E-state index contributed by atoms with van der Waals surface area (Å²) in [6.07, 6.45) is 1.22. The van der Waals surface area contributed by atoms with Gasteiger partial charge in [-0.2, -0.15) is 0 Å². The van der Waals surface area contributed by atoms with E-state index in [0.29, 0.717) is 0 Å². The lowest BCUT2D eigenvalue weighted by molar-refractivity contribution is -0.116. The zero-order chi connectivity index (χ0) is 8.57. The minimum absolute atomic E-state index is 0.144. The first-order valence-electron chi connectivity index (χ1n) is 2.30. The number of amides is 1. The molecular weight excluding hydrogens is 157 g/mol. The van der Waals surface area contributed by atoms with Crippen LogP contribution in [-0.2, 0) is 9.36 Å². The third-order valence-corrected chi connectivity index (χ3v) is 0.432. The molecule has 0 rings (SSSR count). The van der Waals surface area contributed by atoms with Gasteiger partial charge in [-0.1, -0.05) is 6.58 Å². The van der Waals surface area contributed by atoms with Gasteiger partial charge >= 0.3 is 8.25 Å². The highest BCUT2D eigenvalue weighted by Gasteiger charge is 1.78. The molecule has 0 unspecified atom stereocenters. The molecule has 0 aliphatic carbocycles. The normalized spacial score (nSPS) is 7.60. The third-order valence-electron chi connectivity index (χ3n) is 0.432. The van der Waals surface area contributed by atoms with Crippen LogP contribution >= 0.6 is 8.25 Å². The summed E-state index contributed by atoms with van der Waals surface area (Å²) < 4.78 is 8.74. The summed E-state index contributed by atoms with van der Waals surface area (Å²) >= 11 is 0. The van der Waals surface area contributed by atoms with E-state index in [2.05, 4.69) is 11.9 Å². The average Bonchev–Trinajstić information content (AvgIpc) is 1.85. The van der Waals surface area contributed by atoms with Crippen molar-refractivity contribution in [1.82, 2.24) is 5.32 Å². The molecule has 0 aliphatic rings. The van der Waals surface area contributed by atoms with Crippen LogP contribution in [0, 0.1) is 0 Å². The second kappa shape index (κ2) is 8.36. The Balaban J connectivity index is 0. The Kier molecular flexibility index (Phi) is 10.1. The molecule has 0 heterocycles. The van der Waals surface area contributed by atoms with E-state index in [9.17, 15) is 4.79 Å². The number of hydrogen-bond donors (Lipinski definition) is 3. The van der Waals surface area contributed by atoms with Gasteiger partial charge in [-0.25, -0.2) is 0 Å². The van der Waals surface area contributed by atoms with Crippen molar-refractivity contribution in [2.24, 2.45) is 0 Å². The fourth-order valence-electron chi connectivity index (χ4n) is 0.102. The third kappa shape index (κ3) is 26.4. The summed E-state index contributed by atoms with van der Waals surface area (Å²) in [5, 5.41) is 2.36. The van der Waals surface area contributed by atoms with Crippen molar-refractivity contribution in [3.8, 4) is 0 Å². The predicted octanol–water partition coefficient (Wildman–Crippen LogP) is -0.721. The minimum Gasteiger partial charge on any atom is -0.356 e. The molecule has 0 aromatic carbocycles. The molecule has 10 heavy (non-hydrogen) atoms. The van der Waals surface area contributed by atoms with Crippen LogP contribution < -0.4 is 5.32 Å². The van der Waals surface area contributed by atoms with Crippen LogP contribution in [0.3, 0.4) is 0 Å². The molecule has 0 saturated heterocycles. The Hall–Kier alpha value is -0.640. The van der Waals surface area contributed by atoms with E-state index >= 15 is 0 Å². The van der Waals surface area contributed by atoms with E-state index in [1.165, 1.54) is 6.08 Å². The molecule has 60 valence electrons. The smallest absolute Gasteiger partial charge is 0.314 e. The van der Waals surface area contributed by atoms with Gasteiger partial charge in [-0.05, 0) is 6.08 Å². The van der Waals surface area contributed by atoms with Crippen LogP contribution in [0.4, 0.5) is 0 Å². The SMILES string of the molecule is C=CC(=O)NC.O=[PH](O)O. The van der Waals surface area contributed by atoms with Crippen molar-refractivity contribution in [2.75, 3.05) is 7.05 Å². The lowest BCUT2D eigenvalue weighted by Crippen LogP contribution is -2.13. The van der Waals surface area contributed by atoms with Crippen molar-refractivity contribution in [1.29, 1.82) is 0 Å². The fourth-order valence-corrected chi connectivity index (χ4v) is 0.102. The average molecular weight is 167 g/mol. The minimum atomic E-state index is -3.13. The lowest BCUT2D eigenvalue weighted by Gasteiger charge is -1.82. The van der Waals surface area contributed by atoms with Gasteiger partial charge in [0, 0.05) is 7.05 Å². The van der Waals surface area contributed by atoms with Crippen molar-refractivity contribution < 1.29 is 19.1 Å². The highest BCUT2D eigenvalue weighted by molar-refractivity contribution is 7.30. The molecule has 6 heteroatoms. The fraction of sp³-hybridized carbons (Fsp3) is 0.250. The van der Waals surface area contributed by atoms with E-state index in [0.717, 1.165) is 0 Å². The van der Waals surface area contributed by atoms with Gasteiger partial charge in [-0.15, -0.1) is 0 Å². The van der Waals surface area contributed by atoms with E-state index in [4.69, 9.17) is 14.4 Å². The van der Waals surface area contributed by atoms with Gasteiger partial charge in [0.2, 0.25) is 5.91 Å². The summed E-state index contributed by atoms with van der Waals surface area (Å²) in [4.78, 5) is 24.3. The van der Waals surface area contributed by atoms with Crippen LogP contribution in [-0.4, -0.2) is 22.7 Å². The number of rotatable bonds is 1. The standard InChI is InChI=1S/C4H7NO.H3O3P/c1-3-4(6)5-2;1-4(2)3/h3H,1H2,2H3,(H,5,6);4H,(H2,1,2,3). The van der Waals surface area contributed by atoms with Crippen molar-refractivity contribution in [2.45, 2.75) is 0 Å². The molecule has 3 N–H and O–H groups in total. The molecule has 1 amide bonds. The van der Waals surface area contributed by atoms with Crippen molar-refractivity contribution >= 4 is 14.2 Å². The highest BCUT2D eigenvalue weighted by Crippen LogP contribution is 1.98. The Bertz CT molecular complexity index is 131. The Morgan fingerprint density at radius 1 is 1.70 bits per heavy atom. The summed E-state index contributed by atoms with van der Waals surface area (Å²) in [5.74, 6) is -0.144. The molecule has 0 bridgehead atoms. The van der Waals surface area contributed by atoms with Crippen molar-refractivity contribution in [3.05, 3.63) is 12.7 Å². The Labute approximate surface area is 59.3 Å². The number of likely N-dealkylation sites (N-methyl/N-ethyl adjacent to an activating group) is 1. The summed E-state index contributed by atoms with van der Waals surface area (Å²) in [6, 6.07) is 0. The molecule has 0 fully saturated rings. The maximum atomic E-state index is 9.95. The molecule has 0 radical (unpaired) electrons. The monoisotopic (exact) mass is 167 g/mol. The van der Waals surface area contributed by atoms with Crippen molar-refractivity contribution in [3.63, 3.8) is 0 Å². The second-order valence-electron chi connectivity index (χ2n) is 1.10. The van der Waals surface area contributed by atoms with Crippen LogP contribution in [0.15, 0.2) is 12.7 Å². The number of nitrogens with one attached hydrogen (secondary N) is 1. The van der Waals surface area contributed by atoms with Crippen LogP contribution in [0.25, 0.3) is 0 Å². The number of carbonyl (C=O) groups is 1. The van der Waals surface area contributed by atoms with E-state index in [1.807, 2.05) is 0 Å².